The second kappa shape index (κ2) is 5.25. The minimum atomic E-state index is -0.186. The van der Waals surface area contributed by atoms with Gasteiger partial charge in [-0.15, -0.1) is 0 Å². The molecule has 0 bridgehead atoms. The van der Waals surface area contributed by atoms with E-state index in [0.29, 0.717) is 16.9 Å². The number of nitrogens with two attached hydrogens (primary N) is 1. The third-order valence-corrected chi connectivity index (χ3v) is 3.43. The lowest BCUT2D eigenvalue weighted by Gasteiger charge is -2.12. The molecule has 0 unspecified atom stereocenters. The molecule has 0 fully saturated rings. The number of benzene rings is 2. The Morgan fingerprint density at radius 2 is 1.90 bits per heavy atom. The Hall–Kier alpha value is -2.88. The highest BCUT2D eigenvalue weighted by Gasteiger charge is 2.12. The van der Waals surface area contributed by atoms with E-state index in [1.54, 1.807) is 18.3 Å². The standard InChI is InChI=1S/C17H15N3O/c1-11-5-2-8-14(18)16(11)20-17(21)13-6-3-9-15-12(13)7-4-10-19-15/h2-10H,18H2,1H3,(H,20,21). The molecule has 4 nitrogen and oxygen atoms in total. The number of para-hydroxylation sites is 1. The van der Waals surface area contributed by atoms with Crippen molar-refractivity contribution in [3.05, 3.63) is 65.9 Å². The van der Waals surface area contributed by atoms with Gasteiger partial charge in [-0.05, 0) is 36.8 Å². The Morgan fingerprint density at radius 1 is 1.10 bits per heavy atom. The average molecular weight is 277 g/mol. The van der Waals surface area contributed by atoms with E-state index in [2.05, 4.69) is 10.3 Å². The number of nitrogens with zero attached hydrogens (tertiary/aromatic N) is 1. The fourth-order valence-electron chi connectivity index (χ4n) is 2.34. The van der Waals surface area contributed by atoms with Crippen LogP contribution >= 0.6 is 0 Å². The minimum absolute atomic E-state index is 0.186. The van der Waals surface area contributed by atoms with Crippen LogP contribution in [0.3, 0.4) is 0 Å². The van der Waals surface area contributed by atoms with Crippen molar-refractivity contribution >= 4 is 28.2 Å². The molecule has 21 heavy (non-hydrogen) atoms. The van der Waals surface area contributed by atoms with Gasteiger partial charge in [0.2, 0.25) is 0 Å². The van der Waals surface area contributed by atoms with Crippen molar-refractivity contribution in [1.29, 1.82) is 0 Å². The summed E-state index contributed by atoms with van der Waals surface area (Å²) >= 11 is 0. The van der Waals surface area contributed by atoms with Gasteiger partial charge in [0.25, 0.3) is 5.91 Å². The first-order chi connectivity index (χ1) is 10.2. The van der Waals surface area contributed by atoms with Gasteiger partial charge in [0.15, 0.2) is 0 Å². The van der Waals surface area contributed by atoms with Crippen LogP contribution in [-0.4, -0.2) is 10.9 Å². The van der Waals surface area contributed by atoms with E-state index in [1.807, 2.05) is 43.3 Å². The lowest BCUT2D eigenvalue weighted by atomic mass is 10.1. The molecule has 104 valence electrons. The van der Waals surface area contributed by atoms with Gasteiger partial charge < -0.3 is 11.1 Å². The third kappa shape index (κ3) is 2.43. The number of pyridine rings is 1. The van der Waals surface area contributed by atoms with Gasteiger partial charge in [0.1, 0.15) is 0 Å². The van der Waals surface area contributed by atoms with E-state index in [0.717, 1.165) is 16.5 Å². The van der Waals surface area contributed by atoms with E-state index in [1.165, 1.54) is 0 Å². The molecule has 1 amide bonds. The van der Waals surface area contributed by atoms with Crippen LogP contribution in [0.25, 0.3) is 10.9 Å². The largest absolute Gasteiger partial charge is 0.397 e. The van der Waals surface area contributed by atoms with Crippen molar-refractivity contribution in [3.63, 3.8) is 0 Å². The lowest BCUT2D eigenvalue weighted by Crippen LogP contribution is -2.14. The Labute approximate surface area is 122 Å². The molecule has 0 atom stereocenters. The predicted molar refractivity (Wildman–Crippen MR) is 85.3 cm³/mol. The molecule has 0 aliphatic carbocycles. The molecule has 3 N–H and O–H groups in total. The number of carbonyl (C=O) groups excluding carboxylic acids is 1. The fraction of sp³-hybridized carbons (Fsp3) is 0.0588. The third-order valence-electron chi connectivity index (χ3n) is 3.43. The maximum Gasteiger partial charge on any atom is 0.256 e. The van der Waals surface area contributed by atoms with Crippen LogP contribution in [0.2, 0.25) is 0 Å². The summed E-state index contributed by atoms with van der Waals surface area (Å²) in [5.74, 6) is -0.186. The maximum absolute atomic E-state index is 12.5. The Kier molecular flexibility index (Phi) is 3.28. The van der Waals surface area contributed by atoms with Crippen molar-refractivity contribution in [2.75, 3.05) is 11.1 Å². The number of hydrogen-bond donors (Lipinski definition) is 2. The maximum atomic E-state index is 12.5. The average Bonchev–Trinajstić information content (AvgIpc) is 2.50. The van der Waals surface area contributed by atoms with Crippen LogP contribution in [0.1, 0.15) is 15.9 Å². The van der Waals surface area contributed by atoms with Crippen molar-refractivity contribution in [1.82, 2.24) is 4.98 Å². The molecule has 0 radical (unpaired) electrons. The summed E-state index contributed by atoms with van der Waals surface area (Å²) in [5, 5.41) is 3.72. The topological polar surface area (TPSA) is 68.0 Å². The number of nitrogen functional groups attached to an aromatic ring is 1. The van der Waals surface area contributed by atoms with Crippen LogP contribution in [0.5, 0.6) is 0 Å². The molecule has 1 aromatic heterocycles. The monoisotopic (exact) mass is 277 g/mol. The summed E-state index contributed by atoms with van der Waals surface area (Å²) in [5.41, 5.74) is 9.46. The number of hydrogen-bond acceptors (Lipinski definition) is 3. The highest BCUT2D eigenvalue weighted by molar-refractivity contribution is 6.13. The van der Waals surface area contributed by atoms with Crippen molar-refractivity contribution in [3.8, 4) is 0 Å². The highest BCUT2D eigenvalue weighted by atomic mass is 16.1. The van der Waals surface area contributed by atoms with E-state index in [-0.39, 0.29) is 5.91 Å². The second-order valence-corrected chi connectivity index (χ2v) is 4.87. The van der Waals surface area contributed by atoms with Crippen molar-refractivity contribution < 1.29 is 4.79 Å². The first kappa shape index (κ1) is 13.1. The Bertz CT molecular complexity index is 802. The van der Waals surface area contributed by atoms with E-state index in [4.69, 9.17) is 5.73 Å². The minimum Gasteiger partial charge on any atom is -0.397 e. The van der Waals surface area contributed by atoms with Crippen LogP contribution in [0.15, 0.2) is 54.7 Å². The molecule has 3 aromatic rings. The first-order valence-electron chi connectivity index (χ1n) is 6.67. The van der Waals surface area contributed by atoms with Gasteiger partial charge in [0, 0.05) is 17.1 Å². The van der Waals surface area contributed by atoms with Gasteiger partial charge in [-0.2, -0.15) is 0 Å². The Balaban J connectivity index is 2.02. The zero-order valence-corrected chi connectivity index (χ0v) is 11.6. The molecule has 0 aliphatic heterocycles. The smallest absolute Gasteiger partial charge is 0.256 e. The number of fused-ring (bicyclic) bond motifs is 1. The SMILES string of the molecule is Cc1cccc(N)c1NC(=O)c1cccc2ncccc12. The van der Waals surface area contributed by atoms with Gasteiger partial charge in [-0.3, -0.25) is 9.78 Å². The molecule has 3 rings (SSSR count). The van der Waals surface area contributed by atoms with Crippen LogP contribution in [0.4, 0.5) is 11.4 Å². The number of amides is 1. The van der Waals surface area contributed by atoms with Gasteiger partial charge in [-0.1, -0.05) is 24.3 Å². The summed E-state index contributed by atoms with van der Waals surface area (Å²) in [6, 6.07) is 14.7. The van der Waals surface area contributed by atoms with E-state index in [9.17, 15) is 4.79 Å². The summed E-state index contributed by atoms with van der Waals surface area (Å²) in [6.07, 6.45) is 1.71. The van der Waals surface area contributed by atoms with Crippen LogP contribution in [-0.2, 0) is 0 Å². The highest BCUT2D eigenvalue weighted by Crippen LogP contribution is 2.24. The molecule has 0 spiro atoms. The molecule has 1 heterocycles. The molecule has 0 saturated heterocycles. The van der Waals surface area contributed by atoms with Crippen molar-refractivity contribution in [2.45, 2.75) is 6.92 Å². The molecule has 0 saturated carbocycles. The zero-order chi connectivity index (χ0) is 14.8. The van der Waals surface area contributed by atoms with Gasteiger partial charge in [0.05, 0.1) is 16.9 Å². The number of aryl methyl sites for hydroxylation is 1. The summed E-state index contributed by atoms with van der Waals surface area (Å²) < 4.78 is 0. The number of rotatable bonds is 2. The number of aromatic nitrogens is 1. The summed E-state index contributed by atoms with van der Waals surface area (Å²) in [7, 11) is 0. The van der Waals surface area contributed by atoms with Gasteiger partial charge in [-0.25, -0.2) is 0 Å². The number of anilines is 2. The quantitative estimate of drug-likeness (QED) is 0.706. The molecule has 0 aliphatic rings. The zero-order valence-electron chi connectivity index (χ0n) is 11.6. The van der Waals surface area contributed by atoms with Crippen LogP contribution in [0, 0.1) is 6.92 Å². The second-order valence-electron chi connectivity index (χ2n) is 4.87. The molecule has 2 aromatic carbocycles. The van der Waals surface area contributed by atoms with Gasteiger partial charge >= 0.3 is 0 Å². The first-order valence-corrected chi connectivity index (χ1v) is 6.67. The summed E-state index contributed by atoms with van der Waals surface area (Å²) in [4.78, 5) is 16.8. The van der Waals surface area contributed by atoms with E-state index < -0.39 is 0 Å². The fourth-order valence-corrected chi connectivity index (χ4v) is 2.34. The molecular weight excluding hydrogens is 262 g/mol. The van der Waals surface area contributed by atoms with Crippen molar-refractivity contribution in [2.24, 2.45) is 0 Å². The number of carbonyl (C=O) groups is 1. The Morgan fingerprint density at radius 3 is 2.71 bits per heavy atom. The number of nitrogens with one attached hydrogen (secondary N) is 1. The molecular formula is C17H15N3O. The predicted octanol–water partition coefficient (Wildman–Crippen LogP) is 3.38. The summed E-state index contributed by atoms with van der Waals surface area (Å²) in [6.45, 7) is 1.91. The van der Waals surface area contributed by atoms with Crippen LogP contribution < -0.4 is 11.1 Å². The van der Waals surface area contributed by atoms with E-state index >= 15 is 0 Å². The lowest BCUT2D eigenvalue weighted by molar-refractivity contribution is 0.102. The normalized spacial score (nSPS) is 10.5. The molecule has 4 heteroatoms.